The second-order valence-corrected chi connectivity index (χ2v) is 4.47. The van der Waals surface area contributed by atoms with Crippen molar-refractivity contribution in [3.63, 3.8) is 0 Å². The minimum absolute atomic E-state index is 0.161. The predicted molar refractivity (Wildman–Crippen MR) is 78.3 cm³/mol. The number of urea groups is 1. The first-order valence-electron chi connectivity index (χ1n) is 6.65. The van der Waals surface area contributed by atoms with E-state index in [4.69, 9.17) is 4.74 Å². The summed E-state index contributed by atoms with van der Waals surface area (Å²) in [5.74, 6) is -0.0283. The molecule has 8 nitrogen and oxygen atoms in total. The van der Waals surface area contributed by atoms with Crippen molar-refractivity contribution >= 4 is 17.9 Å². The van der Waals surface area contributed by atoms with Crippen LogP contribution in [0.25, 0.3) is 0 Å². The smallest absolute Gasteiger partial charge is 0.341 e. The lowest BCUT2D eigenvalue weighted by molar-refractivity contribution is 0.0524. The normalized spacial score (nSPS) is 9.90. The molecule has 1 rings (SSSR count). The fourth-order valence-electron chi connectivity index (χ4n) is 1.46. The lowest BCUT2D eigenvalue weighted by Gasteiger charge is -2.12. The van der Waals surface area contributed by atoms with Gasteiger partial charge >= 0.3 is 12.0 Å². The zero-order valence-corrected chi connectivity index (χ0v) is 12.8. The average molecular weight is 295 g/mol. The predicted octanol–water partition coefficient (Wildman–Crippen LogP) is 0.645. The van der Waals surface area contributed by atoms with Gasteiger partial charge in [0.05, 0.1) is 17.9 Å². The number of aromatic nitrogens is 2. The van der Waals surface area contributed by atoms with Gasteiger partial charge in [-0.25, -0.2) is 19.6 Å². The molecule has 116 valence electrons. The molecule has 1 aromatic rings. The number of carbonyl (C=O) groups is 2. The number of ether oxygens (including phenoxy) is 1. The molecule has 0 aliphatic rings. The van der Waals surface area contributed by atoms with Crippen LogP contribution in [0.3, 0.4) is 0 Å². The number of anilines is 1. The van der Waals surface area contributed by atoms with E-state index in [9.17, 15) is 9.59 Å². The minimum Gasteiger partial charge on any atom is -0.462 e. The molecule has 0 spiro atoms. The van der Waals surface area contributed by atoms with Gasteiger partial charge in [0.1, 0.15) is 0 Å². The highest BCUT2D eigenvalue weighted by atomic mass is 16.5. The molecule has 21 heavy (non-hydrogen) atoms. The third-order valence-corrected chi connectivity index (χ3v) is 2.57. The van der Waals surface area contributed by atoms with Gasteiger partial charge in [-0.2, -0.15) is 0 Å². The summed E-state index contributed by atoms with van der Waals surface area (Å²) in [4.78, 5) is 32.6. The summed E-state index contributed by atoms with van der Waals surface area (Å²) in [6.45, 7) is 4.69. The summed E-state index contributed by atoms with van der Waals surface area (Å²) in [6, 6.07) is -0.161. The van der Waals surface area contributed by atoms with Crippen molar-refractivity contribution < 1.29 is 14.3 Å². The van der Waals surface area contributed by atoms with Crippen LogP contribution < -0.4 is 10.6 Å². The average Bonchev–Trinajstić information content (AvgIpc) is 2.43. The number of esters is 1. The van der Waals surface area contributed by atoms with Crippen LogP contribution in [-0.2, 0) is 4.74 Å². The molecular weight excluding hydrogens is 274 g/mol. The van der Waals surface area contributed by atoms with Crippen LogP contribution in [0.15, 0.2) is 6.20 Å². The van der Waals surface area contributed by atoms with Crippen LogP contribution in [0.4, 0.5) is 10.7 Å². The number of hydrogen-bond acceptors (Lipinski definition) is 6. The van der Waals surface area contributed by atoms with Crippen molar-refractivity contribution in [1.29, 1.82) is 0 Å². The molecule has 0 aliphatic carbocycles. The van der Waals surface area contributed by atoms with E-state index in [2.05, 4.69) is 20.6 Å². The van der Waals surface area contributed by atoms with Gasteiger partial charge in [-0.1, -0.05) is 0 Å². The Bertz CT molecular complexity index is 505. The summed E-state index contributed by atoms with van der Waals surface area (Å²) in [5, 5.41) is 5.68. The van der Waals surface area contributed by atoms with Crippen molar-refractivity contribution in [2.75, 3.05) is 39.1 Å². The number of nitrogens with zero attached hydrogens (tertiary/aromatic N) is 3. The largest absolute Gasteiger partial charge is 0.462 e. The van der Waals surface area contributed by atoms with E-state index >= 15 is 0 Å². The third kappa shape index (κ3) is 5.25. The summed E-state index contributed by atoms with van der Waals surface area (Å²) in [6.07, 6.45) is 1.43. The molecule has 2 amide bonds. The standard InChI is InChI=1S/C13H21N5O3/c1-5-21-11(19)10-8-16-12(17-9(10)2)14-6-7-15-13(20)18(3)4/h8H,5-7H2,1-4H3,(H,15,20)(H,14,16,17). The molecule has 0 aromatic carbocycles. The number of nitrogens with one attached hydrogen (secondary N) is 2. The van der Waals surface area contributed by atoms with E-state index in [0.29, 0.717) is 36.9 Å². The number of rotatable bonds is 6. The first kappa shape index (κ1) is 16.7. The van der Waals surface area contributed by atoms with Crippen LogP contribution in [0, 0.1) is 6.92 Å². The van der Waals surface area contributed by atoms with E-state index < -0.39 is 5.97 Å². The van der Waals surface area contributed by atoms with E-state index in [1.165, 1.54) is 11.1 Å². The van der Waals surface area contributed by atoms with E-state index in [1.807, 2.05) is 0 Å². The molecule has 1 heterocycles. The molecule has 0 atom stereocenters. The Morgan fingerprint density at radius 3 is 2.62 bits per heavy atom. The Morgan fingerprint density at radius 1 is 1.33 bits per heavy atom. The topological polar surface area (TPSA) is 96.4 Å². The van der Waals surface area contributed by atoms with Crippen molar-refractivity contribution in [1.82, 2.24) is 20.2 Å². The fraction of sp³-hybridized carbons (Fsp3) is 0.538. The SMILES string of the molecule is CCOC(=O)c1cnc(NCCNC(=O)N(C)C)nc1C. The summed E-state index contributed by atoms with van der Waals surface area (Å²) >= 11 is 0. The van der Waals surface area contributed by atoms with Gasteiger partial charge in [0.25, 0.3) is 0 Å². The molecule has 0 radical (unpaired) electrons. The van der Waals surface area contributed by atoms with E-state index in [0.717, 1.165) is 0 Å². The molecule has 0 fully saturated rings. The Kier molecular flexibility index (Phi) is 6.38. The zero-order chi connectivity index (χ0) is 15.8. The lowest BCUT2D eigenvalue weighted by Crippen LogP contribution is -2.37. The fourth-order valence-corrected chi connectivity index (χ4v) is 1.46. The Morgan fingerprint density at radius 2 is 2.05 bits per heavy atom. The first-order valence-corrected chi connectivity index (χ1v) is 6.65. The third-order valence-electron chi connectivity index (χ3n) is 2.57. The monoisotopic (exact) mass is 295 g/mol. The molecule has 1 aromatic heterocycles. The highest BCUT2D eigenvalue weighted by Crippen LogP contribution is 2.08. The Labute approximate surface area is 123 Å². The molecule has 2 N–H and O–H groups in total. The highest BCUT2D eigenvalue weighted by Gasteiger charge is 2.12. The van der Waals surface area contributed by atoms with Crippen molar-refractivity contribution in [3.05, 3.63) is 17.5 Å². The molecule has 0 unspecified atom stereocenters. The van der Waals surface area contributed by atoms with Gasteiger partial charge in [-0.05, 0) is 13.8 Å². The maximum absolute atomic E-state index is 11.6. The Balaban J connectivity index is 2.49. The molecule has 0 saturated carbocycles. The number of hydrogen-bond donors (Lipinski definition) is 2. The van der Waals surface area contributed by atoms with Crippen molar-refractivity contribution in [2.24, 2.45) is 0 Å². The summed E-state index contributed by atoms with van der Waals surface area (Å²) in [7, 11) is 3.34. The number of aryl methyl sites for hydroxylation is 1. The molecule has 0 saturated heterocycles. The highest BCUT2D eigenvalue weighted by molar-refractivity contribution is 5.90. The van der Waals surface area contributed by atoms with Crippen LogP contribution >= 0.6 is 0 Å². The van der Waals surface area contributed by atoms with Gasteiger partial charge in [-0.15, -0.1) is 0 Å². The van der Waals surface area contributed by atoms with E-state index in [1.54, 1.807) is 27.9 Å². The maximum atomic E-state index is 11.6. The van der Waals surface area contributed by atoms with Gasteiger partial charge in [0.15, 0.2) is 0 Å². The van der Waals surface area contributed by atoms with Crippen molar-refractivity contribution in [3.8, 4) is 0 Å². The maximum Gasteiger partial charge on any atom is 0.341 e. The number of amides is 2. The van der Waals surface area contributed by atoms with Gasteiger partial charge in [0, 0.05) is 33.4 Å². The second-order valence-electron chi connectivity index (χ2n) is 4.47. The number of carbonyl (C=O) groups excluding carboxylic acids is 2. The summed E-state index contributed by atoms with van der Waals surface area (Å²) < 4.78 is 4.90. The Hall–Kier alpha value is -2.38. The van der Waals surface area contributed by atoms with Crippen LogP contribution in [0.2, 0.25) is 0 Å². The minimum atomic E-state index is -0.431. The van der Waals surface area contributed by atoms with Crippen LogP contribution in [0.5, 0.6) is 0 Å². The van der Waals surface area contributed by atoms with Crippen LogP contribution in [0.1, 0.15) is 23.0 Å². The van der Waals surface area contributed by atoms with E-state index in [-0.39, 0.29) is 6.03 Å². The molecular formula is C13H21N5O3. The molecule has 0 aliphatic heterocycles. The quantitative estimate of drug-likeness (QED) is 0.591. The summed E-state index contributed by atoms with van der Waals surface area (Å²) in [5.41, 5.74) is 0.895. The van der Waals surface area contributed by atoms with Gasteiger partial charge in [0.2, 0.25) is 5.95 Å². The lowest BCUT2D eigenvalue weighted by atomic mass is 10.2. The molecule has 8 heteroatoms. The first-order chi connectivity index (χ1) is 9.95. The van der Waals surface area contributed by atoms with Gasteiger partial charge in [-0.3, -0.25) is 0 Å². The molecule has 0 bridgehead atoms. The zero-order valence-electron chi connectivity index (χ0n) is 12.8. The van der Waals surface area contributed by atoms with Gasteiger partial charge < -0.3 is 20.3 Å². The van der Waals surface area contributed by atoms with Crippen molar-refractivity contribution in [2.45, 2.75) is 13.8 Å². The van der Waals surface area contributed by atoms with Crippen LogP contribution in [-0.4, -0.2) is 60.7 Å². The second kappa shape index (κ2) is 8.03.